The third-order valence-electron chi connectivity index (χ3n) is 5.20. The van der Waals surface area contributed by atoms with Crippen LogP contribution < -0.4 is 10.2 Å². The number of carbonyl (C=O) groups is 1. The Morgan fingerprint density at radius 2 is 1.88 bits per heavy atom. The van der Waals surface area contributed by atoms with Crippen molar-refractivity contribution in [3.05, 3.63) is 36.4 Å². The van der Waals surface area contributed by atoms with Crippen molar-refractivity contribution in [2.24, 2.45) is 5.92 Å². The Bertz CT molecular complexity index is 751. The molecule has 0 radical (unpaired) electrons. The largest absolute Gasteiger partial charge is 0.333 e. The zero-order valence-electron chi connectivity index (χ0n) is 15.3. The summed E-state index contributed by atoms with van der Waals surface area (Å²) in [4.78, 5) is 12.9. The Balaban J connectivity index is 1.57. The number of carbonyl (C=O) groups excluding carboxylic acids is 1. The SMILES string of the molecule is CC(=O)Nc1ccc(S(=O)(=O)N2CC[NH+](CC3CC=CCC3)CC2)cc1. The van der Waals surface area contributed by atoms with Crippen LogP contribution in [-0.2, 0) is 14.8 Å². The lowest BCUT2D eigenvalue weighted by Gasteiger charge is -2.33. The van der Waals surface area contributed by atoms with Gasteiger partial charge >= 0.3 is 0 Å². The summed E-state index contributed by atoms with van der Waals surface area (Å²) in [6.07, 6.45) is 8.12. The standard InChI is InChI=1S/C19H27N3O3S/c1-16(23)20-18-7-9-19(10-8-18)26(24,25)22-13-11-21(12-14-22)15-17-5-3-2-4-6-17/h2-3,7-10,17H,4-6,11-15H2,1H3,(H,20,23)/p+1. The minimum Gasteiger partial charge on any atom is -0.333 e. The third kappa shape index (κ3) is 4.72. The van der Waals surface area contributed by atoms with E-state index in [0.717, 1.165) is 32.0 Å². The average molecular weight is 379 g/mol. The molecule has 6 nitrogen and oxygen atoms in total. The number of sulfonamides is 1. The molecule has 1 aromatic carbocycles. The van der Waals surface area contributed by atoms with E-state index in [9.17, 15) is 13.2 Å². The van der Waals surface area contributed by atoms with Crippen molar-refractivity contribution >= 4 is 21.6 Å². The molecule has 1 atom stereocenters. The van der Waals surface area contributed by atoms with E-state index in [1.165, 1.54) is 24.7 Å². The predicted molar refractivity (Wildman–Crippen MR) is 102 cm³/mol. The van der Waals surface area contributed by atoms with Gasteiger partial charge in [0.2, 0.25) is 15.9 Å². The highest BCUT2D eigenvalue weighted by molar-refractivity contribution is 7.89. The summed E-state index contributed by atoms with van der Waals surface area (Å²) in [5, 5.41) is 2.65. The molecule has 1 unspecified atom stereocenters. The van der Waals surface area contributed by atoms with Gasteiger partial charge in [0.25, 0.3) is 0 Å². The molecule has 1 fully saturated rings. The highest BCUT2D eigenvalue weighted by Gasteiger charge is 2.31. The minimum atomic E-state index is -3.47. The van der Waals surface area contributed by atoms with E-state index in [2.05, 4.69) is 17.5 Å². The van der Waals surface area contributed by atoms with Gasteiger partial charge in [0.05, 0.1) is 37.6 Å². The number of hydrogen-bond donors (Lipinski definition) is 2. The van der Waals surface area contributed by atoms with E-state index in [1.54, 1.807) is 28.6 Å². The summed E-state index contributed by atoms with van der Waals surface area (Å²) >= 11 is 0. The van der Waals surface area contributed by atoms with E-state index in [4.69, 9.17) is 0 Å². The van der Waals surface area contributed by atoms with Gasteiger partial charge in [-0.05, 0) is 43.5 Å². The maximum Gasteiger partial charge on any atom is 0.243 e. The zero-order chi connectivity index (χ0) is 18.6. The molecule has 0 saturated carbocycles. The topological polar surface area (TPSA) is 70.9 Å². The lowest BCUT2D eigenvalue weighted by Crippen LogP contribution is -3.15. The van der Waals surface area contributed by atoms with Crippen LogP contribution in [0.2, 0.25) is 0 Å². The summed E-state index contributed by atoms with van der Waals surface area (Å²) in [7, 11) is -3.47. The number of quaternary nitrogens is 1. The van der Waals surface area contributed by atoms with Crippen molar-refractivity contribution in [2.45, 2.75) is 31.1 Å². The summed E-state index contributed by atoms with van der Waals surface area (Å²) in [6.45, 7) is 5.42. The van der Waals surface area contributed by atoms with Crippen molar-refractivity contribution in [2.75, 3.05) is 38.0 Å². The molecule has 2 N–H and O–H groups in total. The molecule has 26 heavy (non-hydrogen) atoms. The number of nitrogens with one attached hydrogen (secondary N) is 2. The molecule has 0 spiro atoms. The Hall–Kier alpha value is -1.70. The summed E-state index contributed by atoms with van der Waals surface area (Å²) in [5.41, 5.74) is 0.604. The van der Waals surface area contributed by atoms with Crippen LogP contribution in [0.1, 0.15) is 26.2 Å². The first kappa shape index (κ1) is 19.1. The van der Waals surface area contributed by atoms with Crippen LogP contribution in [0.25, 0.3) is 0 Å². The third-order valence-corrected chi connectivity index (χ3v) is 7.11. The van der Waals surface area contributed by atoms with Crippen LogP contribution in [0.15, 0.2) is 41.3 Å². The van der Waals surface area contributed by atoms with Gasteiger partial charge in [0.1, 0.15) is 0 Å². The molecule has 1 heterocycles. The van der Waals surface area contributed by atoms with Crippen LogP contribution in [0.4, 0.5) is 5.69 Å². The van der Waals surface area contributed by atoms with Gasteiger partial charge in [-0.3, -0.25) is 4.79 Å². The highest BCUT2D eigenvalue weighted by atomic mass is 32.2. The number of rotatable bonds is 5. The number of piperazine rings is 1. The van der Waals surface area contributed by atoms with Gasteiger partial charge < -0.3 is 10.2 Å². The molecular formula is C19H28N3O3S+. The number of anilines is 1. The van der Waals surface area contributed by atoms with Crippen molar-refractivity contribution < 1.29 is 18.1 Å². The molecule has 0 aromatic heterocycles. The van der Waals surface area contributed by atoms with Gasteiger partial charge in [-0.15, -0.1) is 0 Å². The lowest BCUT2D eigenvalue weighted by atomic mass is 9.94. The van der Waals surface area contributed by atoms with E-state index < -0.39 is 10.0 Å². The van der Waals surface area contributed by atoms with Gasteiger partial charge in [-0.2, -0.15) is 4.31 Å². The number of allylic oxidation sites excluding steroid dienone is 2. The first-order valence-electron chi connectivity index (χ1n) is 9.31. The van der Waals surface area contributed by atoms with Crippen molar-refractivity contribution in [3.63, 3.8) is 0 Å². The van der Waals surface area contributed by atoms with Gasteiger partial charge in [0, 0.05) is 18.5 Å². The molecule has 3 rings (SSSR count). The molecule has 7 heteroatoms. The van der Waals surface area contributed by atoms with Crippen molar-refractivity contribution in [1.82, 2.24) is 4.31 Å². The fourth-order valence-corrected chi connectivity index (χ4v) is 5.20. The van der Waals surface area contributed by atoms with Crippen LogP contribution >= 0.6 is 0 Å². The summed E-state index contributed by atoms with van der Waals surface area (Å²) < 4.78 is 27.3. The number of amides is 1. The first-order chi connectivity index (χ1) is 12.4. The molecular weight excluding hydrogens is 350 g/mol. The fourth-order valence-electron chi connectivity index (χ4n) is 3.76. The monoisotopic (exact) mass is 378 g/mol. The van der Waals surface area contributed by atoms with Gasteiger partial charge in [-0.25, -0.2) is 8.42 Å². The number of hydrogen-bond acceptors (Lipinski definition) is 3. The average Bonchev–Trinajstić information content (AvgIpc) is 2.63. The molecule has 1 saturated heterocycles. The molecule has 2 aliphatic rings. The molecule has 0 bridgehead atoms. The Morgan fingerprint density at radius 1 is 1.19 bits per heavy atom. The Kier molecular flexibility index (Phi) is 6.11. The Morgan fingerprint density at radius 3 is 2.46 bits per heavy atom. The van der Waals surface area contributed by atoms with Crippen molar-refractivity contribution in [1.29, 1.82) is 0 Å². The highest BCUT2D eigenvalue weighted by Crippen LogP contribution is 2.19. The predicted octanol–water partition coefficient (Wildman–Crippen LogP) is 0.891. The molecule has 1 aliphatic carbocycles. The van der Waals surface area contributed by atoms with Crippen LogP contribution in [0.3, 0.4) is 0 Å². The molecule has 1 aromatic rings. The fraction of sp³-hybridized carbons (Fsp3) is 0.526. The van der Waals surface area contributed by atoms with Crippen molar-refractivity contribution in [3.8, 4) is 0 Å². The normalized spacial score (nSPS) is 22.3. The second-order valence-electron chi connectivity index (χ2n) is 7.21. The van der Waals surface area contributed by atoms with Crippen LogP contribution in [0, 0.1) is 5.92 Å². The summed E-state index contributed by atoms with van der Waals surface area (Å²) in [6, 6.07) is 6.39. The summed E-state index contributed by atoms with van der Waals surface area (Å²) in [5.74, 6) is 0.563. The molecule has 1 amide bonds. The minimum absolute atomic E-state index is 0.173. The molecule has 142 valence electrons. The second-order valence-corrected chi connectivity index (χ2v) is 9.15. The van der Waals surface area contributed by atoms with Crippen LogP contribution in [-0.4, -0.2) is 51.4 Å². The second kappa shape index (κ2) is 8.33. The molecule has 1 aliphatic heterocycles. The maximum atomic E-state index is 12.8. The van der Waals surface area contributed by atoms with Gasteiger partial charge in [0.15, 0.2) is 0 Å². The van der Waals surface area contributed by atoms with Crippen LogP contribution in [0.5, 0.6) is 0 Å². The van der Waals surface area contributed by atoms with E-state index in [-0.39, 0.29) is 10.8 Å². The smallest absolute Gasteiger partial charge is 0.243 e. The quantitative estimate of drug-likeness (QED) is 0.748. The van der Waals surface area contributed by atoms with E-state index in [0.29, 0.717) is 18.8 Å². The first-order valence-corrected chi connectivity index (χ1v) is 10.8. The lowest BCUT2D eigenvalue weighted by molar-refractivity contribution is -0.907. The zero-order valence-corrected chi connectivity index (χ0v) is 16.1. The Labute approximate surface area is 155 Å². The number of nitrogens with zero attached hydrogens (tertiary/aromatic N) is 1. The maximum absolute atomic E-state index is 12.8. The number of benzene rings is 1. The van der Waals surface area contributed by atoms with Gasteiger partial charge in [-0.1, -0.05) is 12.2 Å². The van der Waals surface area contributed by atoms with E-state index in [1.807, 2.05) is 0 Å². The van der Waals surface area contributed by atoms with E-state index >= 15 is 0 Å².